The van der Waals surface area contributed by atoms with Crippen molar-refractivity contribution in [1.29, 1.82) is 0 Å². The maximum absolute atomic E-state index is 13.8. The molecule has 0 unspecified atom stereocenters. The molecule has 0 saturated carbocycles. The van der Waals surface area contributed by atoms with E-state index in [0.29, 0.717) is 18.7 Å². The first-order valence-electron chi connectivity index (χ1n) is 12.3. The normalized spacial score (nSPS) is 15.8. The molecule has 0 radical (unpaired) electrons. The smallest absolute Gasteiger partial charge is 0.254 e. The van der Waals surface area contributed by atoms with Gasteiger partial charge in [0.05, 0.1) is 28.9 Å². The number of aromatic nitrogens is 3. The Morgan fingerprint density at radius 3 is 2.46 bits per heavy atom. The Kier molecular flexibility index (Phi) is 6.47. The van der Waals surface area contributed by atoms with Crippen LogP contribution in [0.25, 0.3) is 22.3 Å². The van der Waals surface area contributed by atoms with Crippen LogP contribution in [0.4, 0.5) is 0 Å². The van der Waals surface area contributed by atoms with Crippen LogP contribution in [0.1, 0.15) is 64.5 Å². The second kappa shape index (κ2) is 9.55. The van der Waals surface area contributed by atoms with E-state index < -0.39 is 6.10 Å². The molecule has 0 bridgehead atoms. The van der Waals surface area contributed by atoms with E-state index >= 15 is 0 Å². The number of piperidine rings is 1. The van der Waals surface area contributed by atoms with Crippen molar-refractivity contribution in [3.05, 3.63) is 69.5 Å². The molecule has 1 fully saturated rings. The molecule has 1 saturated heterocycles. The predicted octanol–water partition coefficient (Wildman–Crippen LogP) is 5.94. The fourth-order valence-corrected chi connectivity index (χ4v) is 6.04. The molecule has 1 aliphatic rings. The quantitative estimate of drug-likeness (QED) is 0.377. The summed E-state index contributed by atoms with van der Waals surface area (Å²) in [6.45, 7) is 9.60. The van der Waals surface area contributed by atoms with Crippen molar-refractivity contribution in [2.75, 3.05) is 13.1 Å². The Balaban J connectivity index is 1.45. The molecule has 5 rings (SSSR count). The number of carbonyl (C=O) groups excluding carboxylic acids is 1. The van der Waals surface area contributed by atoms with E-state index in [1.807, 2.05) is 46.0 Å². The lowest BCUT2D eigenvalue weighted by Crippen LogP contribution is -2.39. The van der Waals surface area contributed by atoms with E-state index in [0.717, 1.165) is 40.7 Å². The number of hydrogen-bond acceptors (Lipinski definition) is 5. The first-order chi connectivity index (χ1) is 16.8. The molecule has 3 aromatic heterocycles. The van der Waals surface area contributed by atoms with Crippen LogP contribution in [0.2, 0.25) is 0 Å². The van der Waals surface area contributed by atoms with E-state index in [2.05, 4.69) is 38.9 Å². The number of pyridine rings is 1. The zero-order chi connectivity index (χ0) is 24.7. The van der Waals surface area contributed by atoms with Crippen molar-refractivity contribution in [3.8, 4) is 11.3 Å². The first kappa shape index (κ1) is 23.7. The maximum Gasteiger partial charge on any atom is 0.254 e. The zero-order valence-corrected chi connectivity index (χ0v) is 21.5. The van der Waals surface area contributed by atoms with Crippen LogP contribution >= 0.6 is 11.3 Å². The fraction of sp³-hybridized carbons (Fsp3) is 0.393. The number of aryl methyl sites for hydroxylation is 2. The highest BCUT2D eigenvalue weighted by atomic mass is 32.1. The van der Waals surface area contributed by atoms with Crippen LogP contribution in [0.3, 0.4) is 0 Å². The summed E-state index contributed by atoms with van der Waals surface area (Å²) in [5, 5.41) is 16.2. The number of likely N-dealkylation sites (tertiary alicyclic amines) is 1. The molecule has 35 heavy (non-hydrogen) atoms. The summed E-state index contributed by atoms with van der Waals surface area (Å²) in [5.74, 6) is 0.161. The van der Waals surface area contributed by atoms with Crippen molar-refractivity contribution in [2.45, 2.75) is 52.7 Å². The summed E-state index contributed by atoms with van der Waals surface area (Å²) < 4.78 is 1.90. The summed E-state index contributed by atoms with van der Waals surface area (Å²) in [7, 11) is 0. The van der Waals surface area contributed by atoms with Gasteiger partial charge in [0, 0.05) is 34.4 Å². The lowest BCUT2D eigenvalue weighted by molar-refractivity contribution is 0.0463. The number of thiophene rings is 1. The Morgan fingerprint density at radius 2 is 1.83 bits per heavy atom. The summed E-state index contributed by atoms with van der Waals surface area (Å²) in [6.07, 6.45) is 2.83. The molecule has 1 N–H and O–H groups in total. The minimum Gasteiger partial charge on any atom is -0.388 e. The third-order valence-corrected chi connectivity index (χ3v) is 7.98. The molecule has 4 aromatic rings. The molecule has 7 heteroatoms. The summed E-state index contributed by atoms with van der Waals surface area (Å²) in [5.41, 5.74) is 4.24. The predicted molar refractivity (Wildman–Crippen MR) is 141 cm³/mol. The highest BCUT2D eigenvalue weighted by Gasteiger charge is 2.30. The second-order valence-corrected chi connectivity index (χ2v) is 11.2. The number of nitrogens with zero attached hydrogens (tertiary/aromatic N) is 4. The van der Waals surface area contributed by atoms with Gasteiger partial charge in [0.1, 0.15) is 0 Å². The molecular formula is C28H32N4O2S. The Bertz CT molecular complexity index is 1350. The second-order valence-electron chi connectivity index (χ2n) is 9.79. The van der Waals surface area contributed by atoms with Gasteiger partial charge in [0.25, 0.3) is 5.91 Å². The Labute approximate surface area is 210 Å². The first-order valence-corrected chi connectivity index (χ1v) is 13.1. The topological polar surface area (TPSA) is 71.2 Å². The van der Waals surface area contributed by atoms with Crippen LogP contribution in [-0.4, -0.2) is 43.8 Å². The molecular weight excluding hydrogens is 456 g/mol. The minimum atomic E-state index is -0.498. The van der Waals surface area contributed by atoms with Gasteiger partial charge in [-0.2, -0.15) is 5.10 Å². The number of rotatable bonds is 5. The van der Waals surface area contributed by atoms with Gasteiger partial charge in [0.15, 0.2) is 5.65 Å². The van der Waals surface area contributed by atoms with Crippen molar-refractivity contribution >= 4 is 28.3 Å². The SMILES string of the molecule is Cc1cc(-c2cc(C(=O)N3CCC([C@H](O)c4ccccc4)CC3)c3cnn(C(C)C)c3n2)c(C)s1. The van der Waals surface area contributed by atoms with Gasteiger partial charge in [-0.25, -0.2) is 9.67 Å². The van der Waals surface area contributed by atoms with Gasteiger partial charge in [-0.3, -0.25) is 4.79 Å². The molecule has 1 aromatic carbocycles. The Hall–Kier alpha value is -3.03. The van der Waals surface area contributed by atoms with Gasteiger partial charge in [-0.1, -0.05) is 30.3 Å². The number of aliphatic hydroxyl groups excluding tert-OH is 1. The van der Waals surface area contributed by atoms with E-state index in [9.17, 15) is 9.90 Å². The Morgan fingerprint density at radius 1 is 1.11 bits per heavy atom. The van der Waals surface area contributed by atoms with Crippen molar-refractivity contribution in [2.24, 2.45) is 5.92 Å². The van der Waals surface area contributed by atoms with Crippen molar-refractivity contribution in [3.63, 3.8) is 0 Å². The van der Waals surface area contributed by atoms with E-state index in [-0.39, 0.29) is 17.9 Å². The lowest BCUT2D eigenvalue weighted by atomic mass is 9.87. The van der Waals surface area contributed by atoms with Gasteiger partial charge in [-0.15, -0.1) is 11.3 Å². The zero-order valence-electron chi connectivity index (χ0n) is 20.7. The standard InChI is InChI=1S/C28H32N4O2S/c1-17(2)32-27-24(16-29-32)23(15-25(30-27)22-14-18(3)35-19(22)4)28(34)31-12-10-21(11-13-31)26(33)20-8-6-5-7-9-20/h5-9,14-17,21,26,33H,10-13H2,1-4H3/t26-/m1/s1. The monoisotopic (exact) mass is 488 g/mol. The van der Waals surface area contributed by atoms with Crippen LogP contribution < -0.4 is 0 Å². The molecule has 0 spiro atoms. The largest absolute Gasteiger partial charge is 0.388 e. The third kappa shape index (κ3) is 4.50. The van der Waals surface area contributed by atoms with E-state index in [1.54, 1.807) is 17.5 Å². The third-order valence-electron chi connectivity index (χ3n) is 7.02. The molecule has 1 atom stereocenters. The summed E-state index contributed by atoms with van der Waals surface area (Å²) >= 11 is 1.74. The van der Waals surface area contributed by atoms with Gasteiger partial charge in [-0.05, 0) is 64.2 Å². The van der Waals surface area contributed by atoms with Gasteiger partial charge in [0.2, 0.25) is 0 Å². The summed E-state index contributed by atoms with van der Waals surface area (Å²) in [4.78, 5) is 23.1. The number of aliphatic hydroxyl groups is 1. The minimum absolute atomic E-state index is 0.0132. The number of hydrogen-bond donors (Lipinski definition) is 1. The van der Waals surface area contributed by atoms with Crippen LogP contribution in [0.5, 0.6) is 0 Å². The van der Waals surface area contributed by atoms with Crippen LogP contribution in [0, 0.1) is 19.8 Å². The molecule has 6 nitrogen and oxygen atoms in total. The lowest BCUT2D eigenvalue weighted by Gasteiger charge is -2.34. The van der Waals surface area contributed by atoms with Crippen LogP contribution in [0.15, 0.2) is 48.7 Å². The average Bonchev–Trinajstić information content (AvgIpc) is 3.45. The number of amides is 1. The van der Waals surface area contributed by atoms with Crippen molar-refractivity contribution < 1.29 is 9.90 Å². The van der Waals surface area contributed by atoms with E-state index in [4.69, 9.17) is 4.98 Å². The molecule has 1 aliphatic heterocycles. The molecule has 182 valence electrons. The van der Waals surface area contributed by atoms with Gasteiger partial charge < -0.3 is 10.0 Å². The van der Waals surface area contributed by atoms with Gasteiger partial charge >= 0.3 is 0 Å². The number of fused-ring (bicyclic) bond motifs is 1. The highest BCUT2D eigenvalue weighted by Crippen LogP contribution is 2.35. The highest BCUT2D eigenvalue weighted by molar-refractivity contribution is 7.12. The fourth-order valence-electron chi connectivity index (χ4n) is 5.11. The van der Waals surface area contributed by atoms with Crippen molar-refractivity contribution in [1.82, 2.24) is 19.7 Å². The van der Waals surface area contributed by atoms with E-state index in [1.165, 1.54) is 9.75 Å². The molecule has 1 amide bonds. The average molecular weight is 489 g/mol. The maximum atomic E-state index is 13.8. The molecule has 4 heterocycles. The van der Waals surface area contributed by atoms with Crippen LogP contribution in [-0.2, 0) is 0 Å². The molecule has 0 aliphatic carbocycles. The number of benzene rings is 1. The summed E-state index contributed by atoms with van der Waals surface area (Å²) in [6, 6.07) is 14.0. The number of carbonyl (C=O) groups is 1.